The molecule has 0 radical (unpaired) electrons. The Kier molecular flexibility index (Phi) is 5.42. The normalized spacial score (nSPS) is 9.74. The van der Waals surface area contributed by atoms with Gasteiger partial charge in [-0.1, -0.05) is 24.3 Å². The fourth-order valence-electron chi connectivity index (χ4n) is 1.94. The maximum absolute atomic E-state index is 13.6. The maximum Gasteiger partial charge on any atom is 0.258 e. The lowest BCUT2D eigenvalue weighted by molar-refractivity contribution is -0.120. The number of carbonyl (C=O) groups is 2. The van der Waals surface area contributed by atoms with Gasteiger partial charge in [0.2, 0.25) is 5.91 Å². The van der Waals surface area contributed by atoms with Crippen LogP contribution < -0.4 is 10.6 Å². The van der Waals surface area contributed by atoms with Crippen LogP contribution in [0, 0.1) is 17.1 Å². The zero-order valence-electron chi connectivity index (χ0n) is 12.2. The molecule has 2 aromatic carbocycles. The van der Waals surface area contributed by atoms with Crippen LogP contribution in [-0.4, -0.2) is 11.8 Å². The van der Waals surface area contributed by atoms with Gasteiger partial charge in [-0.05, 0) is 29.8 Å². The minimum Gasteiger partial charge on any atom is -0.351 e. The van der Waals surface area contributed by atoms with E-state index in [1.54, 1.807) is 36.4 Å². The highest BCUT2D eigenvalue weighted by atomic mass is 19.1. The Bertz CT molecular complexity index is 768. The van der Waals surface area contributed by atoms with E-state index in [-0.39, 0.29) is 24.4 Å². The third-order valence-electron chi connectivity index (χ3n) is 3.03. The first-order valence-electron chi connectivity index (χ1n) is 6.88. The molecule has 0 saturated carbocycles. The summed E-state index contributed by atoms with van der Waals surface area (Å²) in [6.07, 6.45) is -0.205. The number of hydrogen-bond acceptors (Lipinski definition) is 3. The summed E-state index contributed by atoms with van der Waals surface area (Å²) < 4.78 is 13.6. The monoisotopic (exact) mass is 311 g/mol. The smallest absolute Gasteiger partial charge is 0.258 e. The molecule has 0 aliphatic rings. The summed E-state index contributed by atoms with van der Waals surface area (Å²) in [5.41, 5.74) is 1.20. The van der Waals surface area contributed by atoms with Crippen molar-refractivity contribution in [1.82, 2.24) is 5.32 Å². The predicted molar refractivity (Wildman–Crippen MR) is 82.9 cm³/mol. The molecule has 0 bridgehead atoms. The van der Waals surface area contributed by atoms with Gasteiger partial charge in [0.15, 0.2) is 0 Å². The summed E-state index contributed by atoms with van der Waals surface area (Å²) >= 11 is 0. The van der Waals surface area contributed by atoms with E-state index in [1.165, 1.54) is 18.2 Å². The number of hydrogen-bond donors (Lipinski definition) is 2. The molecule has 6 heteroatoms. The van der Waals surface area contributed by atoms with Crippen molar-refractivity contribution in [2.75, 3.05) is 5.32 Å². The second kappa shape index (κ2) is 7.71. The molecule has 116 valence electrons. The van der Waals surface area contributed by atoms with Gasteiger partial charge in [-0.2, -0.15) is 5.26 Å². The van der Waals surface area contributed by atoms with Crippen molar-refractivity contribution in [2.24, 2.45) is 0 Å². The van der Waals surface area contributed by atoms with Crippen molar-refractivity contribution in [2.45, 2.75) is 13.0 Å². The predicted octanol–water partition coefficient (Wildman–Crippen LogP) is 2.61. The summed E-state index contributed by atoms with van der Waals surface area (Å²) in [4.78, 5) is 23.3. The number of halogens is 1. The molecule has 5 nitrogen and oxygen atoms in total. The molecule has 0 heterocycles. The van der Waals surface area contributed by atoms with Gasteiger partial charge in [-0.25, -0.2) is 4.39 Å². The molecular weight excluding hydrogens is 297 g/mol. The Hall–Kier alpha value is -3.20. The molecule has 0 saturated heterocycles. The van der Waals surface area contributed by atoms with Crippen LogP contribution in [-0.2, 0) is 11.3 Å². The summed E-state index contributed by atoms with van der Waals surface area (Å²) in [5, 5.41) is 13.6. The number of nitrogens with one attached hydrogen (secondary N) is 2. The van der Waals surface area contributed by atoms with Gasteiger partial charge in [0, 0.05) is 12.2 Å². The lowest BCUT2D eigenvalue weighted by Crippen LogP contribution is -2.22. The SMILES string of the molecule is N#CCC(=O)NCc1cccc(NC(=O)c2ccccc2F)c1. The number of nitriles is 1. The third-order valence-corrected chi connectivity index (χ3v) is 3.03. The van der Waals surface area contributed by atoms with E-state index in [0.29, 0.717) is 5.69 Å². The molecule has 0 aromatic heterocycles. The van der Waals surface area contributed by atoms with Crippen LogP contribution in [0.2, 0.25) is 0 Å². The highest BCUT2D eigenvalue weighted by Crippen LogP contribution is 2.14. The van der Waals surface area contributed by atoms with Crippen molar-refractivity contribution >= 4 is 17.5 Å². The van der Waals surface area contributed by atoms with Crippen molar-refractivity contribution in [1.29, 1.82) is 5.26 Å². The zero-order valence-corrected chi connectivity index (χ0v) is 12.2. The van der Waals surface area contributed by atoms with Gasteiger partial charge in [-0.3, -0.25) is 9.59 Å². The number of carbonyl (C=O) groups excluding carboxylic acids is 2. The molecule has 2 N–H and O–H groups in total. The lowest BCUT2D eigenvalue weighted by atomic mass is 10.1. The van der Waals surface area contributed by atoms with E-state index in [0.717, 1.165) is 5.56 Å². The summed E-state index contributed by atoms with van der Waals surface area (Å²) in [5.74, 6) is -1.51. The van der Waals surface area contributed by atoms with Crippen LogP contribution in [0.4, 0.5) is 10.1 Å². The van der Waals surface area contributed by atoms with Crippen molar-refractivity contribution < 1.29 is 14.0 Å². The molecule has 2 rings (SSSR count). The van der Waals surface area contributed by atoms with Crippen LogP contribution in [0.3, 0.4) is 0 Å². The van der Waals surface area contributed by atoms with Crippen LogP contribution in [0.25, 0.3) is 0 Å². The van der Waals surface area contributed by atoms with Gasteiger partial charge in [0.25, 0.3) is 5.91 Å². The molecule has 0 unspecified atom stereocenters. The summed E-state index contributed by atoms with van der Waals surface area (Å²) in [6, 6.07) is 14.3. The van der Waals surface area contributed by atoms with Crippen molar-refractivity contribution in [3.63, 3.8) is 0 Å². The molecule has 2 aromatic rings. The molecule has 0 atom stereocenters. The molecule has 0 aliphatic carbocycles. The van der Waals surface area contributed by atoms with Gasteiger partial charge in [0.1, 0.15) is 12.2 Å². The van der Waals surface area contributed by atoms with E-state index in [9.17, 15) is 14.0 Å². The van der Waals surface area contributed by atoms with Crippen molar-refractivity contribution in [3.8, 4) is 6.07 Å². The number of benzene rings is 2. The van der Waals surface area contributed by atoms with E-state index in [2.05, 4.69) is 10.6 Å². The van der Waals surface area contributed by atoms with Crippen LogP contribution in [0.15, 0.2) is 48.5 Å². The number of nitrogens with zero attached hydrogens (tertiary/aromatic N) is 1. The highest BCUT2D eigenvalue weighted by molar-refractivity contribution is 6.04. The largest absolute Gasteiger partial charge is 0.351 e. The zero-order chi connectivity index (χ0) is 16.7. The molecule has 0 fully saturated rings. The standard InChI is InChI=1S/C17H14FN3O2/c18-15-7-2-1-6-14(15)17(23)21-13-5-3-4-12(10-13)11-20-16(22)8-9-19/h1-7,10H,8,11H2,(H,20,22)(H,21,23). The van der Waals surface area contributed by atoms with E-state index >= 15 is 0 Å². The third kappa shape index (κ3) is 4.64. The van der Waals surface area contributed by atoms with Crippen LogP contribution in [0.1, 0.15) is 22.3 Å². The number of rotatable bonds is 5. The first-order chi connectivity index (χ1) is 11.1. The molecule has 0 aliphatic heterocycles. The van der Waals surface area contributed by atoms with Crippen LogP contribution >= 0.6 is 0 Å². The van der Waals surface area contributed by atoms with Gasteiger partial charge >= 0.3 is 0 Å². The Morgan fingerprint density at radius 1 is 1.13 bits per heavy atom. The molecule has 2 amide bonds. The Balaban J connectivity index is 2.03. The van der Waals surface area contributed by atoms with Crippen LogP contribution in [0.5, 0.6) is 0 Å². The summed E-state index contributed by atoms with van der Waals surface area (Å²) in [7, 11) is 0. The fourth-order valence-corrected chi connectivity index (χ4v) is 1.94. The second-order valence-corrected chi connectivity index (χ2v) is 4.75. The van der Waals surface area contributed by atoms with E-state index < -0.39 is 11.7 Å². The van der Waals surface area contributed by atoms with E-state index in [1.807, 2.05) is 0 Å². The van der Waals surface area contributed by atoms with Gasteiger partial charge < -0.3 is 10.6 Å². The fraction of sp³-hybridized carbons (Fsp3) is 0.118. The molecule has 0 spiro atoms. The Morgan fingerprint density at radius 2 is 1.91 bits per heavy atom. The quantitative estimate of drug-likeness (QED) is 0.890. The van der Waals surface area contributed by atoms with E-state index in [4.69, 9.17) is 5.26 Å². The first kappa shape index (κ1) is 16.2. The van der Waals surface area contributed by atoms with Crippen molar-refractivity contribution in [3.05, 3.63) is 65.5 Å². The average Bonchev–Trinajstić information content (AvgIpc) is 2.54. The highest BCUT2D eigenvalue weighted by Gasteiger charge is 2.11. The maximum atomic E-state index is 13.6. The minimum absolute atomic E-state index is 0.0415. The molecule has 23 heavy (non-hydrogen) atoms. The molecular formula is C17H14FN3O2. The second-order valence-electron chi connectivity index (χ2n) is 4.75. The Labute approximate surface area is 132 Å². The van der Waals surface area contributed by atoms with Gasteiger partial charge in [-0.15, -0.1) is 0 Å². The summed E-state index contributed by atoms with van der Waals surface area (Å²) in [6.45, 7) is 0.240. The lowest BCUT2D eigenvalue weighted by Gasteiger charge is -2.08. The number of amides is 2. The minimum atomic E-state index is -0.593. The first-order valence-corrected chi connectivity index (χ1v) is 6.88. The average molecular weight is 311 g/mol. The number of anilines is 1. The van der Waals surface area contributed by atoms with Gasteiger partial charge in [0.05, 0.1) is 11.6 Å². The Morgan fingerprint density at radius 3 is 2.65 bits per heavy atom. The topological polar surface area (TPSA) is 82.0 Å².